The third kappa shape index (κ3) is 3.09. The molecule has 3 unspecified atom stereocenters. The molecule has 1 fully saturated rings. The molecule has 2 nitrogen and oxygen atoms in total. The second-order valence-electron chi connectivity index (χ2n) is 5.16. The maximum atomic E-state index is 10.4. The van der Waals surface area contributed by atoms with E-state index in [0.29, 0.717) is 5.92 Å². The number of benzene rings is 1. The number of hydrogen-bond donors (Lipinski definition) is 2. The van der Waals surface area contributed by atoms with Gasteiger partial charge in [-0.05, 0) is 49.4 Å². The van der Waals surface area contributed by atoms with Crippen LogP contribution in [0.5, 0.6) is 0 Å². The summed E-state index contributed by atoms with van der Waals surface area (Å²) in [6.45, 7) is 5.32. The fraction of sp³-hybridized carbons (Fsp3) is 0.571. The molecule has 1 saturated heterocycles. The molecule has 0 aliphatic carbocycles. The maximum Gasteiger partial charge on any atom is 0.0953 e. The van der Waals surface area contributed by atoms with Gasteiger partial charge in [-0.2, -0.15) is 0 Å². The lowest BCUT2D eigenvalue weighted by Crippen LogP contribution is -2.41. The van der Waals surface area contributed by atoms with Gasteiger partial charge in [0.25, 0.3) is 0 Å². The molecule has 0 bridgehead atoms. The van der Waals surface area contributed by atoms with Crippen LogP contribution < -0.4 is 5.32 Å². The predicted molar refractivity (Wildman–Crippen MR) is 74.0 cm³/mol. The molecule has 1 aliphatic rings. The van der Waals surface area contributed by atoms with Gasteiger partial charge in [0.05, 0.1) is 6.10 Å². The predicted octanol–water partition coefficient (Wildman–Crippen LogP) is 3.18. The molecule has 3 atom stereocenters. The van der Waals surface area contributed by atoms with Gasteiger partial charge in [0.1, 0.15) is 0 Å². The summed E-state index contributed by atoms with van der Waals surface area (Å²) in [5, 5.41) is 13.9. The van der Waals surface area contributed by atoms with Gasteiger partial charge >= 0.3 is 0 Å². The molecular weight excluding hydrogens is 278 g/mol. The van der Waals surface area contributed by atoms with Crippen molar-refractivity contribution in [2.24, 2.45) is 5.92 Å². The van der Waals surface area contributed by atoms with E-state index in [2.05, 4.69) is 47.2 Å². The number of piperidine rings is 1. The fourth-order valence-corrected chi connectivity index (χ4v) is 3.21. The molecule has 0 spiro atoms. The van der Waals surface area contributed by atoms with Gasteiger partial charge in [0, 0.05) is 10.5 Å². The summed E-state index contributed by atoms with van der Waals surface area (Å²) >= 11 is 3.54. The first-order valence-electron chi connectivity index (χ1n) is 6.25. The SMILES string of the molecule is Cc1ccc(C(O)C2CC(C)CCN2)c(Br)c1. The number of rotatable bonds is 2. The van der Waals surface area contributed by atoms with Crippen molar-refractivity contribution in [1.29, 1.82) is 0 Å². The number of aliphatic hydroxyl groups excluding tert-OH is 1. The topological polar surface area (TPSA) is 32.3 Å². The average molecular weight is 298 g/mol. The van der Waals surface area contributed by atoms with Gasteiger partial charge in [-0.15, -0.1) is 0 Å². The van der Waals surface area contributed by atoms with Crippen LogP contribution in [0.1, 0.15) is 37.0 Å². The Balaban J connectivity index is 2.15. The number of aliphatic hydroxyl groups is 1. The highest BCUT2D eigenvalue weighted by Crippen LogP contribution is 2.30. The van der Waals surface area contributed by atoms with Crippen molar-refractivity contribution in [2.75, 3.05) is 6.54 Å². The maximum absolute atomic E-state index is 10.4. The summed E-state index contributed by atoms with van der Waals surface area (Å²) in [5.41, 5.74) is 2.19. The largest absolute Gasteiger partial charge is 0.387 e. The highest BCUT2D eigenvalue weighted by Gasteiger charge is 2.26. The van der Waals surface area contributed by atoms with Gasteiger partial charge < -0.3 is 10.4 Å². The van der Waals surface area contributed by atoms with E-state index in [4.69, 9.17) is 0 Å². The van der Waals surface area contributed by atoms with E-state index in [1.807, 2.05) is 6.07 Å². The lowest BCUT2D eigenvalue weighted by Gasteiger charge is -2.32. The Morgan fingerprint density at radius 3 is 2.88 bits per heavy atom. The van der Waals surface area contributed by atoms with E-state index < -0.39 is 6.10 Å². The first-order valence-corrected chi connectivity index (χ1v) is 7.04. The Kier molecular flexibility index (Phi) is 4.23. The zero-order chi connectivity index (χ0) is 12.4. The molecule has 94 valence electrons. The van der Waals surface area contributed by atoms with Crippen molar-refractivity contribution in [3.63, 3.8) is 0 Å². The Hall–Kier alpha value is -0.380. The van der Waals surface area contributed by atoms with Gasteiger partial charge in [0.15, 0.2) is 0 Å². The number of hydrogen-bond acceptors (Lipinski definition) is 2. The molecule has 1 heterocycles. The quantitative estimate of drug-likeness (QED) is 0.879. The first-order chi connectivity index (χ1) is 8.08. The minimum absolute atomic E-state index is 0.178. The fourth-order valence-electron chi connectivity index (χ4n) is 2.48. The van der Waals surface area contributed by atoms with E-state index in [0.717, 1.165) is 23.0 Å². The van der Waals surface area contributed by atoms with Crippen molar-refractivity contribution in [3.05, 3.63) is 33.8 Å². The minimum atomic E-state index is -0.423. The van der Waals surface area contributed by atoms with Crippen LogP contribution in [0.3, 0.4) is 0 Å². The van der Waals surface area contributed by atoms with Crippen LogP contribution in [-0.4, -0.2) is 17.7 Å². The van der Waals surface area contributed by atoms with Gasteiger partial charge in [-0.1, -0.05) is 35.0 Å². The summed E-state index contributed by atoms with van der Waals surface area (Å²) in [6.07, 6.45) is 1.83. The van der Waals surface area contributed by atoms with E-state index in [9.17, 15) is 5.11 Å². The van der Waals surface area contributed by atoms with Crippen LogP contribution in [-0.2, 0) is 0 Å². The Morgan fingerprint density at radius 2 is 2.24 bits per heavy atom. The van der Waals surface area contributed by atoms with Crippen LogP contribution in [0.2, 0.25) is 0 Å². The minimum Gasteiger partial charge on any atom is -0.387 e. The molecule has 2 N–H and O–H groups in total. The molecule has 0 saturated carbocycles. The van der Waals surface area contributed by atoms with Gasteiger partial charge in [-0.25, -0.2) is 0 Å². The molecule has 1 aliphatic heterocycles. The van der Waals surface area contributed by atoms with Crippen molar-refractivity contribution >= 4 is 15.9 Å². The summed E-state index contributed by atoms with van der Waals surface area (Å²) in [6, 6.07) is 6.31. The Bertz CT molecular complexity index is 394. The molecular formula is C14H20BrNO. The molecule has 3 heteroatoms. The van der Waals surface area contributed by atoms with Gasteiger partial charge in [0.2, 0.25) is 0 Å². The van der Waals surface area contributed by atoms with E-state index in [-0.39, 0.29) is 6.04 Å². The second-order valence-corrected chi connectivity index (χ2v) is 6.01. The third-order valence-corrected chi connectivity index (χ3v) is 4.24. The molecule has 17 heavy (non-hydrogen) atoms. The van der Waals surface area contributed by atoms with E-state index >= 15 is 0 Å². The molecule has 2 rings (SSSR count). The zero-order valence-corrected chi connectivity index (χ0v) is 12.0. The number of halogens is 1. The van der Waals surface area contributed by atoms with Crippen molar-refractivity contribution < 1.29 is 5.11 Å². The van der Waals surface area contributed by atoms with Crippen molar-refractivity contribution in [3.8, 4) is 0 Å². The normalized spacial score (nSPS) is 26.8. The van der Waals surface area contributed by atoms with Crippen LogP contribution in [0, 0.1) is 12.8 Å². The molecule has 1 aromatic carbocycles. The van der Waals surface area contributed by atoms with Crippen LogP contribution >= 0.6 is 15.9 Å². The first kappa shape index (κ1) is 13.1. The Morgan fingerprint density at radius 1 is 1.47 bits per heavy atom. The lowest BCUT2D eigenvalue weighted by atomic mass is 9.88. The van der Waals surface area contributed by atoms with Crippen molar-refractivity contribution in [2.45, 2.75) is 38.8 Å². The average Bonchev–Trinajstić information content (AvgIpc) is 2.28. The molecule has 0 radical (unpaired) electrons. The van der Waals surface area contributed by atoms with Crippen LogP contribution in [0.4, 0.5) is 0 Å². The summed E-state index contributed by atoms with van der Waals surface area (Å²) in [4.78, 5) is 0. The van der Waals surface area contributed by atoms with E-state index in [1.165, 1.54) is 12.0 Å². The summed E-state index contributed by atoms with van der Waals surface area (Å²) in [7, 11) is 0. The number of aryl methyl sites for hydroxylation is 1. The second kappa shape index (κ2) is 5.51. The van der Waals surface area contributed by atoms with Crippen LogP contribution in [0.15, 0.2) is 22.7 Å². The van der Waals surface area contributed by atoms with Crippen LogP contribution in [0.25, 0.3) is 0 Å². The van der Waals surface area contributed by atoms with E-state index in [1.54, 1.807) is 0 Å². The summed E-state index contributed by atoms with van der Waals surface area (Å²) < 4.78 is 1.00. The van der Waals surface area contributed by atoms with Gasteiger partial charge in [-0.3, -0.25) is 0 Å². The van der Waals surface area contributed by atoms with Crippen molar-refractivity contribution in [1.82, 2.24) is 5.32 Å². The molecule has 0 amide bonds. The highest BCUT2D eigenvalue weighted by molar-refractivity contribution is 9.10. The summed E-state index contributed by atoms with van der Waals surface area (Å²) in [5.74, 6) is 0.695. The molecule has 1 aromatic rings. The number of nitrogens with one attached hydrogen (secondary N) is 1. The Labute approximate surface area is 112 Å². The standard InChI is InChI=1S/C14H20BrNO/c1-9-3-4-11(12(15)7-9)14(17)13-8-10(2)5-6-16-13/h3-4,7,10,13-14,16-17H,5-6,8H2,1-2H3. The third-order valence-electron chi connectivity index (χ3n) is 3.56. The molecule has 0 aromatic heterocycles. The lowest BCUT2D eigenvalue weighted by molar-refractivity contribution is 0.101. The highest BCUT2D eigenvalue weighted by atomic mass is 79.9. The zero-order valence-electron chi connectivity index (χ0n) is 10.4. The monoisotopic (exact) mass is 297 g/mol. The smallest absolute Gasteiger partial charge is 0.0953 e.